The Balaban J connectivity index is 1.58. The van der Waals surface area contributed by atoms with Crippen LogP contribution in [0.15, 0.2) is 48.7 Å². The molecule has 1 amide bonds. The van der Waals surface area contributed by atoms with Gasteiger partial charge in [0.1, 0.15) is 17.1 Å². The van der Waals surface area contributed by atoms with E-state index in [1.165, 1.54) is 0 Å². The highest BCUT2D eigenvalue weighted by molar-refractivity contribution is 5.94. The fourth-order valence-electron chi connectivity index (χ4n) is 2.81. The summed E-state index contributed by atoms with van der Waals surface area (Å²) in [5.41, 5.74) is 3.28. The van der Waals surface area contributed by atoms with E-state index >= 15 is 0 Å². The molecule has 3 aromatic rings. The highest BCUT2D eigenvalue weighted by Crippen LogP contribution is 2.18. The fourth-order valence-corrected chi connectivity index (χ4v) is 2.81. The van der Waals surface area contributed by atoms with Gasteiger partial charge in [-0.25, -0.2) is 4.98 Å². The number of nitrogens with one attached hydrogen (secondary N) is 1. The average Bonchev–Trinajstić information content (AvgIpc) is 2.96. The van der Waals surface area contributed by atoms with Crippen LogP contribution in [0.3, 0.4) is 0 Å². The van der Waals surface area contributed by atoms with Crippen LogP contribution in [0.4, 0.5) is 0 Å². The number of fused-ring (bicyclic) bond motifs is 1. The zero-order chi connectivity index (χ0) is 16.9. The Morgan fingerprint density at radius 2 is 2.00 bits per heavy atom. The lowest BCUT2D eigenvalue weighted by Gasteiger charge is -2.08. The number of para-hydroxylation sites is 1. The van der Waals surface area contributed by atoms with E-state index < -0.39 is 0 Å². The van der Waals surface area contributed by atoms with E-state index in [-0.39, 0.29) is 5.91 Å². The quantitative estimate of drug-likeness (QED) is 0.710. The molecule has 5 heteroatoms. The second-order valence-electron chi connectivity index (χ2n) is 5.65. The number of rotatable bonds is 6. The van der Waals surface area contributed by atoms with E-state index in [2.05, 4.69) is 10.3 Å². The molecule has 0 spiro atoms. The number of hydrogen-bond donors (Lipinski definition) is 1. The van der Waals surface area contributed by atoms with Crippen LogP contribution >= 0.6 is 0 Å². The van der Waals surface area contributed by atoms with Gasteiger partial charge in [-0.05, 0) is 43.5 Å². The van der Waals surface area contributed by atoms with E-state index in [4.69, 9.17) is 4.74 Å². The number of nitrogens with zero attached hydrogens (tertiary/aromatic N) is 2. The van der Waals surface area contributed by atoms with Crippen LogP contribution in [0, 0.1) is 6.92 Å². The van der Waals surface area contributed by atoms with Crippen molar-refractivity contribution in [3.63, 3.8) is 0 Å². The monoisotopic (exact) mass is 323 g/mol. The number of pyridine rings is 1. The summed E-state index contributed by atoms with van der Waals surface area (Å²) in [4.78, 5) is 16.8. The van der Waals surface area contributed by atoms with Gasteiger partial charge < -0.3 is 14.5 Å². The third-order valence-corrected chi connectivity index (χ3v) is 4.08. The van der Waals surface area contributed by atoms with Gasteiger partial charge in [-0.3, -0.25) is 4.79 Å². The number of carbonyl (C=O) groups is 1. The van der Waals surface area contributed by atoms with Crippen molar-refractivity contribution in [2.75, 3.05) is 13.7 Å². The lowest BCUT2D eigenvalue weighted by atomic mass is 10.1. The van der Waals surface area contributed by atoms with Gasteiger partial charge in [0.05, 0.1) is 12.8 Å². The van der Waals surface area contributed by atoms with E-state index in [0.29, 0.717) is 12.2 Å². The Morgan fingerprint density at radius 3 is 2.79 bits per heavy atom. The Hall–Kier alpha value is -2.82. The molecule has 0 radical (unpaired) electrons. The van der Waals surface area contributed by atoms with Gasteiger partial charge in [-0.1, -0.05) is 24.3 Å². The summed E-state index contributed by atoms with van der Waals surface area (Å²) < 4.78 is 7.26. The fraction of sp³-hybridized carbons (Fsp3) is 0.263. The molecule has 3 rings (SSSR count). The average molecular weight is 323 g/mol. The molecule has 5 nitrogen and oxygen atoms in total. The van der Waals surface area contributed by atoms with Gasteiger partial charge in [-0.2, -0.15) is 0 Å². The highest BCUT2D eigenvalue weighted by atomic mass is 16.5. The Morgan fingerprint density at radius 1 is 1.21 bits per heavy atom. The maximum absolute atomic E-state index is 12.4. The molecule has 2 aromatic heterocycles. The van der Waals surface area contributed by atoms with E-state index in [1.807, 2.05) is 60.0 Å². The maximum atomic E-state index is 12.4. The number of aromatic nitrogens is 2. The lowest BCUT2D eigenvalue weighted by Crippen LogP contribution is -2.25. The second-order valence-corrected chi connectivity index (χ2v) is 5.65. The van der Waals surface area contributed by atoms with Crippen LogP contribution < -0.4 is 10.1 Å². The smallest absolute Gasteiger partial charge is 0.271 e. The van der Waals surface area contributed by atoms with E-state index in [1.54, 1.807) is 7.11 Å². The second kappa shape index (κ2) is 7.17. The van der Waals surface area contributed by atoms with E-state index in [0.717, 1.165) is 35.5 Å². The van der Waals surface area contributed by atoms with Crippen molar-refractivity contribution in [2.24, 2.45) is 0 Å². The van der Waals surface area contributed by atoms with Crippen LogP contribution in [0.25, 0.3) is 5.65 Å². The normalized spacial score (nSPS) is 10.8. The first-order valence-corrected chi connectivity index (χ1v) is 8.04. The predicted octanol–water partition coefficient (Wildman–Crippen LogP) is 3.01. The number of benzene rings is 1. The summed E-state index contributed by atoms with van der Waals surface area (Å²) in [6, 6.07) is 13.7. The number of imidazole rings is 1. The van der Waals surface area contributed by atoms with Crippen molar-refractivity contribution in [1.29, 1.82) is 0 Å². The summed E-state index contributed by atoms with van der Waals surface area (Å²) in [6.45, 7) is 2.51. The van der Waals surface area contributed by atoms with Gasteiger partial charge in [0.25, 0.3) is 5.91 Å². The zero-order valence-electron chi connectivity index (χ0n) is 14.0. The molecular formula is C19H21N3O2. The molecule has 0 unspecified atom stereocenters. The number of methoxy groups -OCH3 is 1. The SMILES string of the molecule is COc1ccccc1CCCNC(=O)c1nc2ccccn2c1C. The number of aryl methyl sites for hydroxylation is 2. The van der Waals surface area contributed by atoms with Crippen molar-refractivity contribution in [3.05, 3.63) is 65.6 Å². The zero-order valence-corrected chi connectivity index (χ0v) is 14.0. The molecule has 0 fully saturated rings. The lowest BCUT2D eigenvalue weighted by molar-refractivity contribution is 0.0948. The maximum Gasteiger partial charge on any atom is 0.271 e. The summed E-state index contributed by atoms with van der Waals surface area (Å²) in [7, 11) is 1.67. The van der Waals surface area contributed by atoms with Crippen LogP contribution in [0.2, 0.25) is 0 Å². The van der Waals surface area contributed by atoms with Crippen LogP contribution in [-0.2, 0) is 6.42 Å². The minimum absolute atomic E-state index is 0.128. The van der Waals surface area contributed by atoms with Crippen LogP contribution in [0.5, 0.6) is 5.75 Å². The molecule has 0 atom stereocenters. The molecule has 0 aliphatic carbocycles. The molecule has 24 heavy (non-hydrogen) atoms. The van der Waals surface area contributed by atoms with Gasteiger partial charge in [0.2, 0.25) is 0 Å². The summed E-state index contributed by atoms with van der Waals surface area (Å²) in [6.07, 6.45) is 3.61. The van der Waals surface area contributed by atoms with Crippen molar-refractivity contribution < 1.29 is 9.53 Å². The Bertz CT molecular complexity index is 855. The molecule has 1 N–H and O–H groups in total. The van der Waals surface area contributed by atoms with Crippen LogP contribution in [0.1, 0.15) is 28.2 Å². The first kappa shape index (κ1) is 16.1. The van der Waals surface area contributed by atoms with Crippen molar-refractivity contribution in [1.82, 2.24) is 14.7 Å². The molecule has 1 aromatic carbocycles. The molecule has 0 saturated heterocycles. The first-order chi connectivity index (χ1) is 11.7. The van der Waals surface area contributed by atoms with Gasteiger partial charge in [0.15, 0.2) is 0 Å². The van der Waals surface area contributed by atoms with Crippen molar-refractivity contribution in [2.45, 2.75) is 19.8 Å². The molecule has 0 aliphatic rings. The Labute approximate surface area is 141 Å². The van der Waals surface area contributed by atoms with Crippen molar-refractivity contribution >= 4 is 11.6 Å². The number of ether oxygens (including phenoxy) is 1. The molecule has 2 heterocycles. The number of hydrogen-bond acceptors (Lipinski definition) is 3. The van der Waals surface area contributed by atoms with Gasteiger partial charge in [0, 0.05) is 12.7 Å². The number of amides is 1. The minimum atomic E-state index is -0.128. The summed E-state index contributed by atoms with van der Waals surface area (Å²) >= 11 is 0. The molecule has 0 bridgehead atoms. The topological polar surface area (TPSA) is 55.6 Å². The van der Waals surface area contributed by atoms with Crippen molar-refractivity contribution in [3.8, 4) is 5.75 Å². The minimum Gasteiger partial charge on any atom is -0.496 e. The first-order valence-electron chi connectivity index (χ1n) is 8.04. The highest BCUT2D eigenvalue weighted by Gasteiger charge is 2.15. The molecule has 0 aliphatic heterocycles. The standard InChI is InChI=1S/C19H21N3O2/c1-14-18(21-17-11-5-6-13-22(14)17)19(23)20-12-7-9-15-8-3-4-10-16(15)24-2/h3-6,8,10-11,13H,7,9,12H2,1-2H3,(H,20,23). The number of carbonyl (C=O) groups excluding carboxylic acids is 1. The summed E-state index contributed by atoms with van der Waals surface area (Å²) in [5, 5.41) is 2.95. The third kappa shape index (κ3) is 3.25. The summed E-state index contributed by atoms with van der Waals surface area (Å²) in [5.74, 6) is 0.760. The molecular weight excluding hydrogens is 302 g/mol. The predicted molar refractivity (Wildman–Crippen MR) is 93.6 cm³/mol. The van der Waals surface area contributed by atoms with Crippen LogP contribution in [-0.4, -0.2) is 28.9 Å². The Kier molecular flexibility index (Phi) is 4.79. The van der Waals surface area contributed by atoms with Gasteiger partial charge in [-0.15, -0.1) is 0 Å². The van der Waals surface area contributed by atoms with E-state index in [9.17, 15) is 4.79 Å². The molecule has 124 valence electrons. The largest absolute Gasteiger partial charge is 0.496 e. The van der Waals surface area contributed by atoms with Gasteiger partial charge >= 0.3 is 0 Å². The third-order valence-electron chi connectivity index (χ3n) is 4.08. The molecule has 0 saturated carbocycles.